The van der Waals surface area contributed by atoms with E-state index < -0.39 is 0 Å². The van der Waals surface area contributed by atoms with Crippen LogP contribution in [0, 0.1) is 18.3 Å². The average Bonchev–Trinajstić information content (AvgIpc) is 2.58. The Labute approximate surface area is 93.7 Å². The van der Waals surface area contributed by atoms with Crippen LogP contribution in [0.4, 0.5) is 0 Å². The molecule has 16 heavy (non-hydrogen) atoms. The summed E-state index contributed by atoms with van der Waals surface area (Å²) < 4.78 is 7.27. The van der Waals surface area contributed by atoms with Gasteiger partial charge in [0.25, 0.3) is 0 Å². The van der Waals surface area contributed by atoms with Gasteiger partial charge in [-0.2, -0.15) is 10.4 Å². The molecule has 0 fully saturated rings. The van der Waals surface area contributed by atoms with E-state index in [0.29, 0.717) is 17.2 Å². The molecule has 1 heterocycles. The molecular weight excluding hydrogens is 202 g/mol. The molecule has 0 N–H and O–H groups in total. The van der Waals surface area contributed by atoms with Gasteiger partial charge in [-0.1, -0.05) is 12.1 Å². The zero-order chi connectivity index (χ0) is 11.5. The van der Waals surface area contributed by atoms with Crippen molar-refractivity contribution < 1.29 is 4.74 Å². The number of benzene rings is 1. The lowest BCUT2D eigenvalue weighted by Gasteiger charge is -2.06. The molecule has 0 atom stereocenters. The summed E-state index contributed by atoms with van der Waals surface area (Å²) in [6.45, 7) is 1.89. The molecule has 80 valence electrons. The van der Waals surface area contributed by atoms with Crippen LogP contribution in [0.15, 0.2) is 30.3 Å². The Morgan fingerprint density at radius 2 is 2.12 bits per heavy atom. The summed E-state index contributed by atoms with van der Waals surface area (Å²) in [5.74, 6) is 1.17. The van der Waals surface area contributed by atoms with E-state index in [1.54, 1.807) is 29.9 Å². The molecule has 0 unspecified atom stereocenters. The minimum Gasteiger partial charge on any atom is -0.438 e. The lowest BCUT2D eigenvalue weighted by atomic mass is 10.2. The van der Waals surface area contributed by atoms with Crippen molar-refractivity contribution in [1.82, 2.24) is 9.78 Å². The fourth-order valence-electron chi connectivity index (χ4n) is 1.44. The first kappa shape index (κ1) is 10.2. The normalized spacial score (nSPS) is 9.81. The van der Waals surface area contributed by atoms with Gasteiger partial charge in [-0.05, 0) is 19.1 Å². The number of para-hydroxylation sites is 1. The summed E-state index contributed by atoms with van der Waals surface area (Å²) in [5.41, 5.74) is 1.40. The molecule has 1 aromatic heterocycles. The molecule has 0 saturated heterocycles. The van der Waals surface area contributed by atoms with E-state index in [0.717, 1.165) is 5.69 Å². The Kier molecular flexibility index (Phi) is 2.61. The van der Waals surface area contributed by atoms with Gasteiger partial charge in [0, 0.05) is 13.1 Å². The lowest BCUT2D eigenvalue weighted by molar-refractivity contribution is 0.429. The van der Waals surface area contributed by atoms with E-state index in [9.17, 15) is 0 Å². The summed E-state index contributed by atoms with van der Waals surface area (Å²) in [6.07, 6.45) is 0. The number of aryl methyl sites for hydroxylation is 2. The molecular formula is C12H11N3O. The van der Waals surface area contributed by atoms with Crippen LogP contribution in [-0.2, 0) is 7.05 Å². The van der Waals surface area contributed by atoms with Crippen LogP contribution < -0.4 is 4.74 Å². The third-order valence-corrected chi connectivity index (χ3v) is 2.18. The third kappa shape index (κ3) is 1.89. The average molecular weight is 213 g/mol. The molecule has 0 amide bonds. The minimum absolute atomic E-state index is 0.515. The number of nitriles is 1. The third-order valence-electron chi connectivity index (χ3n) is 2.18. The highest BCUT2D eigenvalue weighted by Crippen LogP contribution is 2.24. The van der Waals surface area contributed by atoms with Gasteiger partial charge >= 0.3 is 0 Å². The molecule has 0 aliphatic heterocycles. The molecule has 4 heteroatoms. The highest BCUT2D eigenvalue weighted by atomic mass is 16.5. The second kappa shape index (κ2) is 4.07. The quantitative estimate of drug-likeness (QED) is 0.769. The number of hydrogen-bond acceptors (Lipinski definition) is 3. The minimum atomic E-state index is 0.515. The topological polar surface area (TPSA) is 50.8 Å². The highest BCUT2D eigenvalue weighted by molar-refractivity contribution is 5.44. The van der Waals surface area contributed by atoms with Crippen LogP contribution in [-0.4, -0.2) is 9.78 Å². The van der Waals surface area contributed by atoms with Gasteiger partial charge in [-0.15, -0.1) is 0 Å². The maximum atomic E-state index is 8.92. The molecule has 0 bridgehead atoms. The largest absolute Gasteiger partial charge is 0.438 e. The van der Waals surface area contributed by atoms with Crippen molar-refractivity contribution in [2.24, 2.45) is 7.05 Å². The van der Waals surface area contributed by atoms with E-state index in [1.807, 2.05) is 19.1 Å². The second-order valence-corrected chi connectivity index (χ2v) is 3.46. The summed E-state index contributed by atoms with van der Waals surface area (Å²) in [6, 6.07) is 11.0. The Bertz CT molecular complexity index is 552. The molecule has 2 aromatic rings. The van der Waals surface area contributed by atoms with E-state index in [-0.39, 0.29) is 0 Å². The number of rotatable bonds is 2. The predicted molar refractivity (Wildman–Crippen MR) is 59.2 cm³/mol. The SMILES string of the molecule is Cc1cc(Oc2ccccc2C#N)n(C)n1. The van der Waals surface area contributed by atoms with Gasteiger partial charge in [-0.25, -0.2) is 4.68 Å². The highest BCUT2D eigenvalue weighted by Gasteiger charge is 2.07. The van der Waals surface area contributed by atoms with Crippen LogP contribution in [0.1, 0.15) is 11.3 Å². The van der Waals surface area contributed by atoms with Crippen molar-refractivity contribution in [2.75, 3.05) is 0 Å². The first-order valence-electron chi connectivity index (χ1n) is 4.88. The standard InChI is InChI=1S/C12H11N3O/c1-9-7-12(15(2)14-9)16-11-6-4-3-5-10(11)8-13/h3-7H,1-2H3. The monoisotopic (exact) mass is 213 g/mol. The molecule has 1 aromatic carbocycles. The summed E-state index contributed by atoms with van der Waals surface area (Å²) in [4.78, 5) is 0. The van der Waals surface area contributed by atoms with Gasteiger partial charge in [0.15, 0.2) is 0 Å². The number of aromatic nitrogens is 2. The van der Waals surface area contributed by atoms with Gasteiger partial charge < -0.3 is 4.74 Å². The van der Waals surface area contributed by atoms with E-state index in [2.05, 4.69) is 11.2 Å². The molecule has 0 spiro atoms. The van der Waals surface area contributed by atoms with Crippen LogP contribution in [0.25, 0.3) is 0 Å². The van der Waals surface area contributed by atoms with E-state index >= 15 is 0 Å². The second-order valence-electron chi connectivity index (χ2n) is 3.46. The van der Waals surface area contributed by atoms with Crippen molar-refractivity contribution >= 4 is 0 Å². The molecule has 2 rings (SSSR count). The fourth-order valence-corrected chi connectivity index (χ4v) is 1.44. The summed E-state index contributed by atoms with van der Waals surface area (Å²) in [5, 5.41) is 13.1. The van der Waals surface area contributed by atoms with Gasteiger partial charge in [0.05, 0.1) is 11.3 Å². The van der Waals surface area contributed by atoms with Gasteiger partial charge in [-0.3, -0.25) is 0 Å². The number of hydrogen-bond donors (Lipinski definition) is 0. The summed E-state index contributed by atoms with van der Waals surface area (Å²) >= 11 is 0. The predicted octanol–water partition coefficient (Wildman–Crippen LogP) is 2.39. The van der Waals surface area contributed by atoms with Gasteiger partial charge in [0.2, 0.25) is 5.88 Å². The van der Waals surface area contributed by atoms with Crippen molar-refractivity contribution in [3.63, 3.8) is 0 Å². The maximum Gasteiger partial charge on any atom is 0.217 e. The molecule has 0 radical (unpaired) electrons. The Morgan fingerprint density at radius 1 is 1.38 bits per heavy atom. The fraction of sp³-hybridized carbons (Fsp3) is 0.167. The van der Waals surface area contributed by atoms with Crippen LogP contribution >= 0.6 is 0 Å². The van der Waals surface area contributed by atoms with Gasteiger partial charge in [0.1, 0.15) is 11.8 Å². The Morgan fingerprint density at radius 3 is 2.75 bits per heavy atom. The van der Waals surface area contributed by atoms with Crippen molar-refractivity contribution in [1.29, 1.82) is 5.26 Å². The molecule has 0 aliphatic carbocycles. The zero-order valence-corrected chi connectivity index (χ0v) is 9.14. The van der Waals surface area contributed by atoms with Crippen molar-refractivity contribution in [3.8, 4) is 17.7 Å². The van der Waals surface area contributed by atoms with Crippen molar-refractivity contribution in [3.05, 3.63) is 41.6 Å². The first-order chi connectivity index (χ1) is 7.70. The molecule has 4 nitrogen and oxygen atoms in total. The lowest BCUT2D eigenvalue weighted by Crippen LogP contribution is -1.96. The number of nitrogens with zero attached hydrogens (tertiary/aromatic N) is 3. The van der Waals surface area contributed by atoms with Crippen LogP contribution in [0.3, 0.4) is 0 Å². The molecule has 0 aliphatic rings. The van der Waals surface area contributed by atoms with Crippen molar-refractivity contribution in [2.45, 2.75) is 6.92 Å². The van der Waals surface area contributed by atoms with E-state index in [1.165, 1.54) is 0 Å². The molecule has 0 saturated carbocycles. The Hall–Kier alpha value is -2.28. The zero-order valence-electron chi connectivity index (χ0n) is 9.14. The van der Waals surface area contributed by atoms with E-state index in [4.69, 9.17) is 10.00 Å². The number of ether oxygens (including phenoxy) is 1. The van der Waals surface area contributed by atoms with Crippen LogP contribution in [0.2, 0.25) is 0 Å². The first-order valence-corrected chi connectivity index (χ1v) is 4.88. The van der Waals surface area contributed by atoms with Crippen LogP contribution in [0.5, 0.6) is 11.6 Å². The smallest absolute Gasteiger partial charge is 0.217 e. The summed E-state index contributed by atoms with van der Waals surface area (Å²) in [7, 11) is 1.80. The Balaban J connectivity index is 2.34. The maximum absolute atomic E-state index is 8.92.